The van der Waals surface area contributed by atoms with E-state index in [1.165, 1.54) is 5.56 Å². The Kier molecular flexibility index (Phi) is 5.91. The number of carbonyl (C=O) groups excluding carboxylic acids is 2. The number of carbonyl (C=O) groups is 2. The van der Waals surface area contributed by atoms with Gasteiger partial charge in [0, 0.05) is 45.0 Å². The number of nitrogens with zero attached hydrogens (tertiary/aromatic N) is 3. The second-order valence-corrected chi connectivity index (χ2v) is 7.76. The topological polar surface area (TPSA) is 65.5 Å². The summed E-state index contributed by atoms with van der Waals surface area (Å²) >= 11 is 0. The lowest BCUT2D eigenvalue weighted by Crippen LogP contribution is -2.54. The lowest BCUT2D eigenvalue weighted by Gasteiger charge is -2.47. The summed E-state index contributed by atoms with van der Waals surface area (Å²) in [5, 5.41) is 3.03. The fraction of sp³-hybridized carbons (Fsp3) is 0.650. The van der Waals surface area contributed by atoms with E-state index in [1.807, 2.05) is 36.0 Å². The summed E-state index contributed by atoms with van der Waals surface area (Å²) in [6.07, 6.45) is 8.07. The molecule has 2 fully saturated rings. The van der Waals surface area contributed by atoms with Gasteiger partial charge in [-0.25, -0.2) is 0 Å². The molecule has 0 aromatic carbocycles. The second-order valence-electron chi connectivity index (χ2n) is 7.76. The number of pyridine rings is 1. The Labute approximate surface area is 156 Å². The van der Waals surface area contributed by atoms with E-state index in [-0.39, 0.29) is 23.3 Å². The molecule has 1 N–H and O–H groups in total. The minimum atomic E-state index is -0.132. The van der Waals surface area contributed by atoms with Crippen LogP contribution >= 0.6 is 0 Å². The molecule has 0 aliphatic carbocycles. The molecule has 1 atom stereocenters. The normalized spacial score (nSPS) is 21.1. The van der Waals surface area contributed by atoms with E-state index in [1.54, 1.807) is 6.20 Å². The number of rotatable bonds is 5. The number of amides is 2. The summed E-state index contributed by atoms with van der Waals surface area (Å²) in [7, 11) is 1.82. The maximum absolute atomic E-state index is 12.4. The smallest absolute Gasteiger partial charge is 0.239 e. The summed E-state index contributed by atoms with van der Waals surface area (Å²) < 4.78 is 0. The number of likely N-dealkylation sites (N-methyl/N-ethyl adjacent to an activating group) is 1. The molecule has 2 amide bonds. The highest BCUT2D eigenvalue weighted by atomic mass is 16.2. The van der Waals surface area contributed by atoms with Gasteiger partial charge in [-0.2, -0.15) is 0 Å². The molecule has 3 heterocycles. The molecule has 2 aliphatic heterocycles. The fourth-order valence-corrected chi connectivity index (χ4v) is 4.12. The van der Waals surface area contributed by atoms with E-state index >= 15 is 0 Å². The third-order valence-corrected chi connectivity index (χ3v) is 6.08. The van der Waals surface area contributed by atoms with Crippen molar-refractivity contribution in [1.29, 1.82) is 0 Å². The SMILES string of the molecule is CN[C@@H](C)C(=O)N1CCC2(CCC(=O)N(CCc3cccnc3)C2)CC1. The summed E-state index contributed by atoms with van der Waals surface area (Å²) in [6.45, 7) is 5.10. The van der Waals surface area contributed by atoms with Crippen LogP contribution in [-0.2, 0) is 16.0 Å². The quantitative estimate of drug-likeness (QED) is 0.866. The number of likely N-dealkylation sites (tertiary alicyclic amines) is 2. The molecule has 1 aromatic rings. The Morgan fingerprint density at radius 3 is 2.77 bits per heavy atom. The van der Waals surface area contributed by atoms with Crippen LogP contribution in [0.4, 0.5) is 0 Å². The van der Waals surface area contributed by atoms with Crippen LogP contribution < -0.4 is 5.32 Å². The summed E-state index contributed by atoms with van der Waals surface area (Å²) in [5.41, 5.74) is 1.35. The van der Waals surface area contributed by atoms with Crippen molar-refractivity contribution < 1.29 is 9.59 Å². The highest BCUT2D eigenvalue weighted by Crippen LogP contribution is 2.40. The highest BCUT2D eigenvalue weighted by molar-refractivity contribution is 5.81. The Morgan fingerprint density at radius 1 is 1.35 bits per heavy atom. The Hall–Kier alpha value is -1.95. The monoisotopic (exact) mass is 358 g/mol. The van der Waals surface area contributed by atoms with E-state index in [2.05, 4.69) is 16.4 Å². The molecule has 3 rings (SSSR count). The zero-order valence-electron chi connectivity index (χ0n) is 15.9. The van der Waals surface area contributed by atoms with Gasteiger partial charge in [0.2, 0.25) is 11.8 Å². The van der Waals surface area contributed by atoms with Crippen molar-refractivity contribution in [3.05, 3.63) is 30.1 Å². The first-order chi connectivity index (χ1) is 12.5. The van der Waals surface area contributed by atoms with Crippen molar-refractivity contribution in [2.24, 2.45) is 5.41 Å². The molecule has 6 nitrogen and oxygen atoms in total. The van der Waals surface area contributed by atoms with Gasteiger partial charge in [-0.05, 0) is 56.7 Å². The van der Waals surface area contributed by atoms with E-state index in [0.29, 0.717) is 6.42 Å². The van der Waals surface area contributed by atoms with Crippen molar-refractivity contribution in [3.8, 4) is 0 Å². The molecule has 0 bridgehead atoms. The summed E-state index contributed by atoms with van der Waals surface area (Å²) in [4.78, 5) is 32.9. The van der Waals surface area contributed by atoms with Crippen molar-refractivity contribution in [2.45, 2.75) is 45.1 Å². The summed E-state index contributed by atoms with van der Waals surface area (Å²) in [5.74, 6) is 0.449. The van der Waals surface area contributed by atoms with E-state index in [4.69, 9.17) is 0 Å². The van der Waals surface area contributed by atoms with Crippen molar-refractivity contribution in [1.82, 2.24) is 20.1 Å². The van der Waals surface area contributed by atoms with Gasteiger partial charge >= 0.3 is 0 Å². The van der Waals surface area contributed by atoms with Gasteiger partial charge in [0.05, 0.1) is 6.04 Å². The van der Waals surface area contributed by atoms with Gasteiger partial charge in [0.1, 0.15) is 0 Å². The van der Waals surface area contributed by atoms with Crippen LogP contribution in [0.5, 0.6) is 0 Å². The molecule has 0 unspecified atom stereocenters. The van der Waals surface area contributed by atoms with Crippen LogP contribution in [0.25, 0.3) is 0 Å². The van der Waals surface area contributed by atoms with E-state index in [0.717, 1.165) is 51.9 Å². The predicted molar refractivity (Wildman–Crippen MR) is 101 cm³/mol. The van der Waals surface area contributed by atoms with Crippen molar-refractivity contribution in [2.75, 3.05) is 33.2 Å². The van der Waals surface area contributed by atoms with Gasteiger partial charge in [0.25, 0.3) is 0 Å². The van der Waals surface area contributed by atoms with Crippen LogP contribution in [0.1, 0.15) is 38.2 Å². The van der Waals surface area contributed by atoms with Crippen LogP contribution in [0, 0.1) is 5.41 Å². The first-order valence-electron chi connectivity index (χ1n) is 9.66. The average Bonchev–Trinajstić information content (AvgIpc) is 2.69. The summed E-state index contributed by atoms with van der Waals surface area (Å²) in [6, 6.07) is 3.87. The zero-order valence-corrected chi connectivity index (χ0v) is 15.9. The first kappa shape index (κ1) is 18.8. The van der Waals surface area contributed by atoms with E-state index in [9.17, 15) is 9.59 Å². The maximum Gasteiger partial charge on any atom is 0.239 e. The lowest BCUT2D eigenvalue weighted by atomic mass is 9.72. The average molecular weight is 358 g/mol. The Bertz CT molecular complexity index is 626. The van der Waals surface area contributed by atoms with Gasteiger partial charge in [-0.15, -0.1) is 0 Å². The van der Waals surface area contributed by atoms with Gasteiger partial charge in [-0.3, -0.25) is 14.6 Å². The predicted octanol–water partition coefficient (Wildman–Crippen LogP) is 1.46. The van der Waals surface area contributed by atoms with Crippen molar-refractivity contribution in [3.63, 3.8) is 0 Å². The number of piperidine rings is 2. The number of aromatic nitrogens is 1. The molecule has 2 saturated heterocycles. The highest BCUT2D eigenvalue weighted by Gasteiger charge is 2.41. The minimum Gasteiger partial charge on any atom is -0.342 e. The van der Waals surface area contributed by atoms with Crippen LogP contribution in [0.15, 0.2) is 24.5 Å². The van der Waals surface area contributed by atoms with Crippen molar-refractivity contribution >= 4 is 11.8 Å². The molecule has 1 spiro atoms. The molecule has 0 radical (unpaired) electrons. The lowest BCUT2D eigenvalue weighted by molar-refractivity contribution is -0.143. The minimum absolute atomic E-state index is 0.132. The molecule has 6 heteroatoms. The molecule has 1 aromatic heterocycles. The van der Waals surface area contributed by atoms with Crippen LogP contribution in [-0.4, -0.2) is 65.9 Å². The molecule has 2 aliphatic rings. The fourth-order valence-electron chi connectivity index (χ4n) is 4.12. The zero-order chi connectivity index (χ0) is 18.6. The Balaban J connectivity index is 1.56. The van der Waals surface area contributed by atoms with Gasteiger partial charge < -0.3 is 15.1 Å². The number of hydrogen-bond donors (Lipinski definition) is 1. The molecule has 0 saturated carbocycles. The van der Waals surface area contributed by atoms with E-state index < -0.39 is 0 Å². The van der Waals surface area contributed by atoms with Gasteiger partial charge in [-0.1, -0.05) is 6.07 Å². The molecule has 26 heavy (non-hydrogen) atoms. The van der Waals surface area contributed by atoms with Crippen LogP contribution in [0.3, 0.4) is 0 Å². The largest absolute Gasteiger partial charge is 0.342 e. The molecular formula is C20H30N4O2. The third-order valence-electron chi connectivity index (χ3n) is 6.08. The number of hydrogen-bond acceptors (Lipinski definition) is 4. The van der Waals surface area contributed by atoms with Crippen LogP contribution in [0.2, 0.25) is 0 Å². The number of nitrogens with one attached hydrogen (secondary N) is 1. The first-order valence-corrected chi connectivity index (χ1v) is 9.66. The Morgan fingerprint density at radius 2 is 2.12 bits per heavy atom. The third kappa shape index (κ3) is 4.23. The maximum atomic E-state index is 12.4. The molecule has 142 valence electrons. The standard InChI is InChI=1S/C20H30N4O2/c1-16(21-2)19(26)23-12-8-20(9-13-23)7-5-18(25)24(15-20)11-6-17-4-3-10-22-14-17/h3-4,10,14,16,21H,5-9,11-13,15H2,1-2H3/t16-/m0/s1. The second kappa shape index (κ2) is 8.16. The molecular weight excluding hydrogens is 328 g/mol. The van der Waals surface area contributed by atoms with Gasteiger partial charge in [0.15, 0.2) is 0 Å².